The van der Waals surface area contributed by atoms with E-state index in [9.17, 15) is 5.11 Å². The average molecular weight is 225 g/mol. The average Bonchev–Trinajstić information content (AvgIpc) is 2.35. The number of aliphatic hydroxyl groups excluding tert-OH is 1. The van der Waals surface area contributed by atoms with E-state index in [1.54, 1.807) is 0 Å². The molecule has 1 fully saturated rings. The summed E-state index contributed by atoms with van der Waals surface area (Å²) in [6.07, 6.45) is 7.14. The largest absolute Gasteiger partial charge is 0.391 e. The first-order valence-corrected chi connectivity index (χ1v) is 6.09. The summed E-state index contributed by atoms with van der Waals surface area (Å²) in [5.41, 5.74) is -0.166. The van der Waals surface area contributed by atoms with Crippen molar-refractivity contribution in [3.05, 3.63) is 0 Å². The van der Waals surface area contributed by atoms with E-state index in [0.29, 0.717) is 12.8 Å². The molecule has 0 bridgehead atoms. The highest BCUT2D eigenvalue weighted by Gasteiger charge is 2.37. The molecular weight excluding hydrogens is 202 g/mol. The lowest BCUT2D eigenvalue weighted by molar-refractivity contribution is -0.0735. The molecule has 1 rings (SSSR count). The van der Waals surface area contributed by atoms with Gasteiger partial charge < -0.3 is 9.84 Å². The van der Waals surface area contributed by atoms with E-state index in [-0.39, 0.29) is 11.6 Å². The van der Waals surface area contributed by atoms with Gasteiger partial charge >= 0.3 is 0 Å². The minimum absolute atomic E-state index is 0.166. The van der Waals surface area contributed by atoms with Gasteiger partial charge in [-0.3, -0.25) is 4.90 Å². The molecule has 3 nitrogen and oxygen atoms in total. The van der Waals surface area contributed by atoms with Crippen LogP contribution in [0.2, 0.25) is 0 Å². The predicted molar refractivity (Wildman–Crippen MR) is 65.2 cm³/mol. The van der Waals surface area contributed by atoms with Crippen LogP contribution in [0.1, 0.15) is 33.1 Å². The minimum atomic E-state index is -0.355. The molecular formula is C13H23NO2. The van der Waals surface area contributed by atoms with Crippen molar-refractivity contribution in [1.82, 2.24) is 4.90 Å². The van der Waals surface area contributed by atoms with Gasteiger partial charge in [0.1, 0.15) is 0 Å². The van der Waals surface area contributed by atoms with E-state index in [1.807, 2.05) is 0 Å². The molecule has 0 amide bonds. The summed E-state index contributed by atoms with van der Waals surface area (Å²) in [7, 11) is 0. The van der Waals surface area contributed by atoms with E-state index in [0.717, 1.165) is 32.7 Å². The van der Waals surface area contributed by atoms with Crippen molar-refractivity contribution in [2.24, 2.45) is 0 Å². The second-order valence-corrected chi connectivity index (χ2v) is 4.57. The third-order valence-electron chi connectivity index (χ3n) is 3.73. The Morgan fingerprint density at radius 3 is 2.62 bits per heavy atom. The zero-order valence-electron chi connectivity index (χ0n) is 10.4. The molecule has 2 atom stereocenters. The van der Waals surface area contributed by atoms with Gasteiger partial charge in [0, 0.05) is 25.0 Å². The first kappa shape index (κ1) is 13.5. The van der Waals surface area contributed by atoms with Crippen molar-refractivity contribution in [1.29, 1.82) is 0 Å². The van der Waals surface area contributed by atoms with Crippen molar-refractivity contribution in [2.45, 2.75) is 44.8 Å². The van der Waals surface area contributed by atoms with Gasteiger partial charge in [0.05, 0.1) is 19.3 Å². The highest BCUT2D eigenvalue weighted by Crippen LogP contribution is 2.27. The highest BCUT2D eigenvalue weighted by molar-refractivity contribution is 4.95. The lowest BCUT2D eigenvalue weighted by Crippen LogP contribution is -2.57. The maximum Gasteiger partial charge on any atom is 0.0730 e. The highest BCUT2D eigenvalue weighted by atomic mass is 16.5. The van der Waals surface area contributed by atoms with Crippen LogP contribution in [0.5, 0.6) is 0 Å². The SMILES string of the molecule is C#CCCC(O)C(C)(CC)N1CCOCC1. The van der Waals surface area contributed by atoms with Crippen LogP contribution in [0.15, 0.2) is 0 Å². The molecule has 0 aromatic carbocycles. The molecule has 2 unspecified atom stereocenters. The topological polar surface area (TPSA) is 32.7 Å². The van der Waals surface area contributed by atoms with Gasteiger partial charge in [-0.15, -0.1) is 12.3 Å². The Bertz CT molecular complexity index is 243. The van der Waals surface area contributed by atoms with E-state index in [1.165, 1.54) is 0 Å². The van der Waals surface area contributed by atoms with E-state index >= 15 is 0 Å². The Morgan fingerprint density at radius 1 is 1.50 bits per heavy atom. The Hall–Kier alpha value is -0.560. The molecule has 1 aliphatic heterocycles. The van der Waals surface area contributed by atoms with Crippen LogP contribution in [-0.2, 0) is 4.74 Å². The lowest BCUT2D eigenvalue weighted by Gasteiger charge is -2.45. The number of hydrogen-bond donors (Lipinski definition) is 1. The van der Waals surface area contributed by atoms with Gasteiger partial charge in [-0.1, -0.05) is 6.92 Å². The summed E-state index contributed by atoms with van der Waals surface area (Å²) in [6, 6.07) is 0. The summed E-state index contributed by atoms with van der Waals surface area (Å²) in [6.45, 7) is 7.57. The summed E-state index contributed by atoms with van der Waals surface area (Å²) >= 11 is 0. The van der Waals surface area contributed by atoms with E-state index in [4.69, 9.17) is 11.2 Å². The Labute approximate surface area is 98.8 Å². The van der Waals surface area contributed by atoms with Gasteiger partial charge in [-0.25, -0.2) is 0 Å². The summed E-state index contributed by atoms with van der Waals surface area (Å²) in [5, 5.41) is 10.3. The van der Waals surface area contributed by atoms with Gasteiger partial charge in [0.2, 0.25) is 0 Å². The van der Waals surface area contributed by atoms with Crippen LogP contribution in [0.4, 0.5) is 0 Å². The first-order chi connectivity index (χ1) is 7.65. The molecule has 1 aliphatic rings. The van der Waals surface area contributed by atoms with Gasteiger partial charge in [0.25, 0.3) is 0 Å². The van der Waals surface area contributed by atoms with Crippen LogP contribution in [0.25, 0.3) is 0 Å². The molecule has 3 heteroatoms. The Kier molecular flexibility index (Phi) is 5.27. The van der Waals surface area contributed by atoms with Gasteiger partial charge in [-0.2, -0.15) is 0 Å². The zero-order valence-corrected chi connectivity index (χ0v) is 10.4. The van der Waals surface area contributed by atoms with Crippen molar-refractivity contribution in [3.63, 3.8) is 0 Å². The quantitative estimate of drug-likeness (QED) is 0.715. The number of rotatable bonds is 5. The predicted octanol–water partition coefficient (Wildman–Crippen LogP) is 1.26. The Balaban J connectivity index is 2.63. The molecule has 92 valence electrons. The maximum atomic E-state index is 10.3. The maximum absolute atomic E-state index is 10.3. The normalized spacial score (nSPS) is 23.4. The fraction of sp³-hybridized carbons (Fsp3) is 0.846. The zero-order chi connectivity index (χ0) is 12.0. The van der Waals surface area contributed by atoms with E-state index < -0.39 is 0 Å². The third kappa shape index (κ3) is 2.98. The van der Waals surface area contributed by atoms with Crippen LogP contribution < -0.4 is 0 Å². The van der Waals surface area contributed by atoms with Gasteiger partial charge in [0.15, 0.2) is 0 Å². The second kappa shape index (κ2) is 6.24. The van der Waals surface area contributed by atoms with Crippen LogP contribution in [0, 0.1) is 12.3 Å². The number of hydrogen-bond acceptors (Lipinski definition) is 3. The fourth-order valence-corrected chi connectivity index (χ4v) is 2.28. The Morgan fingerprint density at radius 2 is 2.12 bits per heavy atom. The van der Waals surface area contributed by atoms with Crippen molar-refractivity contribution in [2.75, 3.05) is 26.3 Å². The number of morpholine rings is 1. The van der Waals surface area contributed by atoms with Crippen molar-refractivity contribution < 1.29 is 9.84 Å². The summed E-state index contributed by atoms with van der Waals surface area (Å²) in [4.78, 5) is 2.33. The van der Waals surface area contributed by atoms with Crippen LogP contribution in [-0.4, -0.2) is 48.0 Å². The standard InChI is InChI=1S/C13H23NO2/c1-4-6-7-12(15)13(3,5-2)14-8-10-16-11-9-14/h1,12,15H,5-11H2,2-3H3. The molecule has 0 spiro atoms. The summed E-state index contributed by atoms with van der Waals surface area (Å²) in [5.74, 6) is 2.59. The van der Waals surface area contributed by atoms with Gasteiger partial charge in [-0.05, 0) is 19.8 Å². The molecule has 0 saturated carbocycles. The molecule has 1 heterocycles. The first-order valence-electron chi connectivity index (χ1n) is 6.09. The molecule has 0 aromatic heterocycles. The molecule has 1 saturated heterocycles. The number of ether oxygens (including phenoxy) is 1. The van der Waals surface area contributed by atoms with E-state index in [2.05, 4.69) is 24.7 Å². The molecule has 16 heavy (non-hydrogen) atoms. The summed E-state index contributed by atoms with van der Waals surface area (Å²) < 4.78 is 5.34. The number of nitrogens with zero attached hydrogens (tertiary/aromatic N) is 1. The molecule has 0 aliphatic carbocycles. The molecule has 1 N–H and O–H groups in total. The third-order valence-corrected chi connectivity index (χ3v) is 3.73. The smallest absolute Gasteiger partial charge is 0.0730 e. The second-order valence-electron chi connectivity index (χ2n) is 4.57. The fourth-order valence-electron chi connectivity index (χ4n) is 2.28. The molecule has 0 radical (unpaired) electrons. The monoisotopic (exact) mass is 225 g/mol. The number of terminal acetylenes is 1. The lowest BCUT2D eigenvalue weighted by atomic mass is 9.86. The van der Waals surface area contributed by atoms with Crippen molar-refractivity contribution in [3.8, 4) is 12.3 Å². The van der Waals surface area contributed by atoms with Crippen molar-refractivity contribution >= 4 is 0 Å². The van der Waals surface area contributed by atoms with Crippen LogP contribution in [0.3, 0.4) is 0 Å². The van der Waals surface area contributed by atoms with Crippen LogP contribution >= 0.6 is 0 Å². The minimum Gasteiger partial charge on any atom is -0.391 e. The number of aliphatic hydroxyl groups is 1. The molecule has 0 aromatic rings.